The van der Waals surface area contributed by atoms with Crippen LogP contribution < -0.4 is 4.74 Å². The molecule has 0 aliphatic heterocycles. The Bertz CT molecular complexity index is 1610. The van der Waals surface area contributed by atoms with Crippen molar-refractivity contribution >= 4 is 20.2 Å². The molecule has 0 amide bonds. The van der Waals surface area contributed by atoms with Gasteiger partial charge in [0.15, 0.2) is 0 Å². The van der Waals surface area contributed by atoms with Crippen LogP contribution in [0.25, 0.3) is 11.1 Å². The minimum absolute atomic E-state index is 0.0278. The number of aryl methyl sites for hydroxylation is 3. The van der Waals surface area contributed by atoms with Crippen molar-refractivity contribution in [3.63, 3.8) is 0 Å². The molecule has 0 aromatic heterocycles. The fourth-order valence-electron chi connectivity index (χ4n) is 3.79. The van der Waals surface area contributed by atoms with Gasteiger partial charge in [-0.1, -0.05) is 79.2 Å². The maximum atomic E-state index is 11.9. The summed E-state index contributed by atoms with van der Waals surface area (Å²) >= 11 is 0. The lowest BCUT2D eigenvalue weighted by atomic mass is 10.00. The summed E-state index contributed by atoms with van der Waals surface area (Å²) < 4.78 is 69.3. The smallest absolute Gasteiger partial charge is 0.295 e. The van der Waals surface area contributed by atoms with E-state index < -0.39 is 20.2 Å². The fourth-order valence-corrected chi connectivity index (χ4v) is 5.20. The summed E-state index contributed by atoms with van der Waals surface area (Å²) in [7, 11) is -8.39. The van der Waals surface area contributed by atoms with Crippen LogP contribution in [0.15, 0.2) is 101 Å². The SMILES string of the molecule is CCc1ccc(-c2cc(C)ccc2S(=O)(=O)O)c(OCc2ccccc2)c1.Cc1ccccc1S(=O)(=O)O. The molecule has 0 aliphatic carbocycles. The third kappa shape index (κ3) is 7.75. The Balaban J connectivity index is 0.000000304. The highest BCUT2D eigenvalue weighted by Crippen LogP contribution is 2.36. The zero-order valence-electron chi connectivity index (χ0n) is 21.3. The first-order chi connectivity index (χ1) is 17.9. The Hall–Kier alpha value is -3.50. The predicted octanol–water partition coefficient (Wildman–Crippen LogP) is 6.29. The molecule has 0 unspecified atom stereocenters. The second kappa shape index (κ2) is 12.4. The number of benzene rings is 4. The minimum atomic E-state index is -4.35. The second-order valence-corrected chi connectivity index (χ2v) is 11.5. The topological polar surface area (TPSA) is 118 Å². The van der Waals surface area contributed by atoms with E-state index in [1.54, 1.807) is 37.3 Å². The summed E-state index contributed by atoms with van der Waals surface area (Å²) in [4.78, 5) is -0.151. The van der Waals surface area contributed by atoms with Gasteiger partial charge in [-0.25, -0.2) is 0 Å². The van der Waals surface area contributed by atoms with Gasteiger partial charge in [0.05, 0.1) is 4.90 Å². The van der Waals surface area contributed by atoms with E-state index in [9.17, 15) is 21.4 Å². The van der Waals surface area contributed by atoms with Crippen molar-refractivity contribution in [1.82, 2.24) is 0 Å². The molecule has 0 atom stereocenters. The summed E-state index contributed by atoms with van der Waals surface area (Å²) in [5.74, 6) is 0.591. The molecule has 0 saturated heterocycles. The minimum Gasteiger partial charge on any atom is -0.488 e. The summed E-state index contributed by atoms with van der Waals surface area (Å²) in [6, 6.07) is 26.6. The summed E-state index contributed by atoms with van der Waals surface area (Å²) in [6.45, 7) is 5.92. The van der Waals surface area contributed by atoms with Crippen LogP contribution in [0.1, 0.15) is 29.2 Å². The van der Waals surface area contributed by atoms with Crippen LogP contribution in [0.2, 0.25) is 0 Å². The molecular formula is C29H30O7S2. The molecule has 38 heavy (non-hydrogen) atoms. The van der Waals surface area contributed by atoms with Crippen molar-refractivity contribution in [2.24, 2.45) is 0 Å². The molecule has 4 aromatic carbocycles. The number of rotatable bonds is 7. The van der Waals surface area contributed by atoms with Crippen LogP contribution in [0, 0.1) is 13.8 Å². The van der Waals surface area contributed by atoms with Crippen LogP contribution >= 0.6 is 0 Å². The van der Waals surface area contributed by atoms with Gasteiger partial charge in [0, 0.05) is 11.1 Å². The molecule has 0 radical (unpaired) electrons. The molecule has 7 nitrogen and oxygen atoms in total. The van der Waals surface area contributed by atoms with Gasteiger partial charge in [-0.05, 0) is 61.2 Å². The van der Waals surface area contributed by atoms with Gasteiger partial charge in [0.25, 0.3) is 20.2 Å². The molecule has 9 heteroatoms. The second-order valence-electron chi connectivity index (χ2n) is 8.67. The standard InChI is InChI=1S/C22H22O4S.C7H8O3S/c1-3-17-10-11-19(20-13-16(2)9-12-22(20)27(23,24)25)21(14-17)26-15-18-7-5-4-6-8-18;1-6-4-2-3-5-7(6)11(8,9)10/h4-14H,3,15H2,1-2H3,(H,23,24,25);2-5H,1H3,(H,8,9,10). The quantitative estimate of drug-likeness (QED) is 0.258. The van der Waals surface area contributed by atoms with Gasteiger partial charge < -0.3 is 4.74 Å². The lowest BCUT2D eigenvalue weighted by molar-refractivity contribution is 0.307. The van der Waals surface area contributed by atoms with Crippen molar-refractivity contribution in [3.05, 3.63) is 113 Å². The normalized spacial score (nSPS) is 11.4. The van der Waals surface area contributed by atoms with Crippen molar-refractivity contribution in [1.29, 1.82) is 0 Å². The summed E-state index contributed by atoms with van der Waals surface area (Å²) in [5, 5.41) is 0. The number of ether oxygens (including phenoxy) is 1. The zero-order valence-corrected chi connectivity index (χ0v) is 23.0. The van der Waals surface area contributed by atoms with Gasteiger partial charge in [0.1, 0.15) is 17.3 Å². The predicted molar refractivity (Wildman–Crippen MR) is 148 cm³/mol. The average Bonchev–Trinajstić information content (AvgIpc) is 2.87. The van der Waals surface area contributed by atoms with Crippen molar-refractivity contribution in [2.45, 2.75) is 43.6 Å². The zero-order chi connectivity index (χ0) is 27.9. The third-order valence-corrected chi connectivity index (χ3v) is 7.69. The maximum absolute atomic E-state index is 11.9. The Morgan fingerprint density at radius 3 is 1.87 bits per heavy atom. The van der Waals surface area contributed by atoms with E-state index in [2.05, 4.69) is 0 Å². The van der Waals surface area contributed by atoms with E-state index in [-0.39, 0.29) is 9.79 Å². The molecule has 0 fully saturated rings. The van der Waals surface area contributed by atoms with E-state index in [1.165, 1.54) is 12.1 Å². The third-order valence-electron chi connectivity index (χ3n) is 5.77. The first-order valence-corrected chi connectivity index (χ1v) is 14.7. The summed E-state index contributed by atoms with van der Waals surface area (Å²) in [5.41, 5.74) is 4.62. The van der Waals surface area contributed by atoms with Crippen LogP contribution in [-0.2, 0) is 33.3 Å². The van der Waals surface area contributed by atoms with Gasteiger partial charge >= 0.3 is 0 Å². The Morgan fingerprint density at radius 1 is 0.658 bits per heavy atom. The van der Waals surface area contributed by atoms with Gasteiger partial charge in [-0.15, -0.1) is 0 Å². The first kappa shape index (κ1) is 29.1. The van der Waals surface area contributed by atoms with E-state index in [0.717, 1.165) is 23.1 Å². The Morgan fingerprint density at radius 2 is 1.29 bits per heavy atom. The van der Waals surface area contributed by atoms with E-state index in [1.807, 2.05) is 62.4 Å². The van der Waals surface area contributed by atoms with E-state index in [0.29, 0.717) is 29.0 Å². The largest absolute Gasteiger partial charge is 0.488 e. The van der Waals surface area contributed by atoms with Crippen molar-refractivity contribution in [2.75, 3.05) is 0 Å². The lowest BCUT2D eigenvalue weighted by Gasteiger charge is -2.16. The molecule has 2 N–H and O–H groups in total. The molecule has 0 aliphatic rings. The molecule has 0 spiro atoms. The van der Waals surface area contributed by atoms with Crippen LogP contribution in [-0.4, -0.2) is 25.9 Å². The average molecular weight is 555 g/mol. The lowest BCUT2D eigenvalue weighted by Crippen LogP contribution is -2.03. The molecule has 200 valence electrons. The molecule has 0 bridgehead atoms. The highest BCUT2D eigenvalue weighted by atomic mass is 32.2. The van der Waals surface area contributed by atoms with Crippen LogP contribution in [0.3, 0.4) is 0 Å². The van der Waals surface area contributed by atoms with E-state index in [4.69, 9.17) is 9.29 Å². The van der Waals surface area contributed by atoms with E-state index >= 15 is 0 Å². The highest BCUT2D eigenvalue weighted by molar-refractivity contribution is 7.86. The van der Waals surface area contributed by atoms with Crippen molar-refractivity contribution < 1.29 is 30.7 Å². The number of hydrogen-bond donors (Lipinski definition) is 2. The Labute approximate surface area is 224 Å². The van der Waals surface area contributed by atoms with Gasteiger partial charge in [-0.3, -0.25) is 9.11 Å². The van der Waals surface area contributed by atoms with Crippen LogP contribution in [0.4, 0.5) is 0 Å². The number of hydrogen-bond acceptors (Lipinski definition) is 5. The van der Waals surface area contributed by atoms with Gasteiger partial charge in [0.2, 0.25) is 0 Å². The molecule has 4 aromatic rings. The molecule has 4 rings (SSSR count). The van der Waals surface area contributed by atoms with Gasteiger partial charge in [-0.2, -0.15) is 16.8 Å². The molecule has 0 heterocycles. The summed E-state index contributed by atoms with van der Waals surface area (Å²) in [6.07, 6.45) is 0.834. The fraction of sp³-hybridized carbons (Fsp3) is 0.172. The van der Waals surface area contributed by atoms with Crippen LogP contribution in [0.5, 0.6) is 5.75 Å². The molecule has 0 saturated carbocycles. The Kier molecular flexibility index (Phi) is 9.45. The maximum Gasteiger partial charge on any atom is 0.295 e. The highest BCUT2D eigenvalue weighted by Gasteiger charge is 2.20. The molecular weight excluding hydrogens is 524 g/mol. The monoisotopic (exact) mass is 554 g/mol. The first-order valence-electron chi connectivity index (χ1n) is 11.8. The van der Waals surface area contributed by atoms with Crippen molar-refractivity contribution in [3.8, 4) is 16.9 Å².